The van der Waals surface area contributed by atoms with Crippen LogP contribution >= 0.6 is 11.3 Å². The van der Waals surface area contributed by atoms with E-state index in [4.69, 9.17) is 0 Å². The quantitative estimate of drug-likeness (QED) is 0.883. The van der Waals surface area contributed by atoms with Crippen molar-refractivity contribution in [1.82, 2.24) is 10.3 Å². The summed E-state index contributed by atoms with van der Waals surface area (Å²) < 4.78 is 13.3. The minimum Gasteiger partial charge on any atom is -0.322 e. The number of hydrogen-bond acceptors (Lipinski definition) is 4. The molecule has 0 bridgehead atoms. The minimum atomic E-state index is -0.439. The fourth-order valence-electron chi connectivity index (χ4n) is 1.52. The van der Waals surface area contributed by atoms with Crippen LogP contribution in [0.1, 0.15) is 10.7 Å². The molecule has 0 saturated heterocycles. The second-order valence-corrected chi connectivity index (χ2v) is 4.96. The van der Waals surface area contributed by atoms with Crippen molar-refractivity contribution < 1.29 is 9.18 Å². The molecule has 1 heterocycles. The van der Waals surface area contributed by atoms with E-state index in [9.17, 15) is 9.18 Å². The van der Waals surface area contributed by atoms with Crippen molar-refractivity contribution in [1.29, 1.82) is 0 Å². The summed E-state index contributed by atoms with van der Waals surface area (Å²) in [6.07, 6.45) is 0. The number of aryl methyl sites for hydroxylation is 1. The number of para-hydroxylation sites is 1. The molecule has 19 heavy (non-hydrogen) atoms. The Kier molecular flexibility index (Phi) is 4.59. The first-order valence-electron chi connectivity index (χ1n) is 5.81. The molecule has 100 valence electrons. The molecule has 0 radical (unpaired) electrons. The number of anilines is 1. The third kappa shape index (κ3) is 4.11. The molecule has 0 atom stereocenters. The molecular formula is C13H14FN3OS. The van der Waals surface area contributed by atoms with Gasteiger partial charge in [0.15, 0.2) is 0 Å². The van der Waals surface area contributed by atoms with Crippen LogP contribution in [-0.4, -0.2) is 17.4 Å². The number of halogens is 1. The van der Waals surface area contributed by atoms with Gasteiger partial charge in [-0.2, -0.15) is 0 Å². The summed E-state index contributed by atoms with van der Waals surface area (Å²) in [5, 5.41) is 8.36. The molecule has 4 nitrogen and oxygen atoms in total. The monoisotopic (exact) mass is 279 g/mol. The average Bonchev–Trinajstić information content (AvgIpc) is 2.78. The van der Waals surface area contributed by atoms with Gasteiger partial charge in [0.1, 0.15) is 10.8 Å². The van der Waals surface area contributed by atoms with Crippen LogP contribution in [0.5, 0.6) is 0 Å². The van der Waals surface area contributed by atoms with Gasteiger partial charge < -0.3 is 10.6 Å². The molecule has 0 unspecified atom stereocenters. The zero-order valence-electron chi connectivity index (χ0n) is 10.4. The third-order valence-electron chi connectivity index (χ3n) is 2.38. The van der Waals surface area contributed by atoms with E-state index in [1.165, 1.54) is 12.1 Å². The lowest BCUT2D eigenvalue weighted by atomic mass is 10.3. The Morgan fingerprint density at radius 3 is 2.89 bits per heavy atom. The Labute approximate surface area is 114 Å². The summed E-state index contributed by atoms with van der Waals surface area (Å²) in [5.74, 6) is -0.718. The number of rotatable bonds is 5. The predicted molar refractivity (Wildman–Crippen MR) is 73.6 cm³/mol. The van der Waals surface area contributed by atoms with E-state index < -0.39 is 5.82 Å². The molecular weight excluding hydrogens is 265 g/mol. The number of hydrogen-bond donors (Lipinski definition) is 2. The van der Waals surface area contributed by atoms with Gasteiger partial charge in [-0.1, -0.05) is 12.1 Å². The molecule has 2 aromatic rings. The minimum absolute atomic E-state index is 0.118. The first-order valence-corrected chi connectivity index (χ1v) is 6.69. The maximum absolute atomic E-state index is 13.3. The Morgan fingerprint density at radius 2 is 2.21 bits per heavy atom. The van der Waals surface area contributed by atoms with Crippen molar-refractivity contribution in [2.75, 3.05) is 11.9 Å². The van der Waals surface area contributed by atoms with E-state index in [0.717, 1.165) is 10.7 Å². The van der Waals surface area contributed by atoms with Crippen LogP contribution < -0.4 is 10.6 Å². The van der Waals surface area contributed by atoms with Crippen LogP contribution in [0, 0.1) is 12.7 Å². The van der Waals surface area contributed by atoms with Crippen molar-refractivity contribution >= 4 is 22.9 Å². The number of nitrogens with one attached hydrogen (secondary N) is 2. The van der Waals surface area contributed by atoms with Gasteiger partial charge in [-0.3, -0.25) is 4.79 Å². The maximum atomic E-state index is 13.3. The number of carbonyl (C=O) groups is 1. The van der Waals surface area contributed by atoms with Gasteiger partial charge in [0, 0.05) is 17.6 Å². The van der Waals surface area contributed by atoms with Crippen molar-refractivity contribution in [3.8, 4) is 0 Å². The highest BCUT2D eigenvalue weighted by molar-refractivity contribution is 7.09. The largest absolute Gasteiger partial charge is 0.322 e. The summed E-state index contributed by atoms with van der Waals surface area (Å²) in [4.78, 5) is 15.9. The third-order valence-corrected chi connectivity index (χ3v) is 3.34. The Hall–Kier alpha value is -1.79. The molecule has 0 aliphatic rings. The van der Waals surface area contributed by atoms with E-state index >= 15 is 0 Å². The van der Waals surface area contributed by atoms with E-state index in [-0.39, 0.29) is 18.1 Å². The second kappa shape index (κ2) is 6.40. The molecule has 0 saturated carbocycles. The molecule has 0 fully saturated rings. The first kappa shape index (κ1) is 13.6. The molecule has 0 aliphatic carbocycles. The highest BCUT2D eigenvalue weighted by atomic mass is 32.1. The Balaban J connectivity index is 1.77. The smallest absolute Gasteiger partial charge is 0.238 e. The molecule has 0 spiro atoms. The van der Waals surface area contributed by atoms with E-state index in [1.54, 1.807) is 23.5 Å². The zero-order chi connectivity index (χ0) is 13.7. The number of aromatic nitrogens is 1. The summed E-state index contributed by atoms with van der Waals surface area (Å²) >= 11 is 1.54. The molecule has 2 rings (SSSR count). The van der Waals surface area contributed by atoms with Crippen molar-refractivity contribution in [2.24, 2.45) is 0 Å². The van der Waals surface area contributed by atoms with Crippen LogP contribution in [0.2, 0.25) is 0 Å². The molecule has 6 heteroatoms. The summed E-state index contributed by atoms with van der Waals surface area (Å²) in [7, 11) is 0. The van der Waals surface area contributed by atoms with Gasteiger partial charge in [-0.15, -0.1) is 11.3 Å². The lowest BCUT2D eigenvalue weighted by Crippen LogP contribution is -2.28. The maximum Gasteiger partial charge on any atom is 0.238 e. The number of thiazole rings is 1. The number of carbonyl (C=O) groups excluding carboxylic acids is 1. The Morgan fingerprint density at radius 1 is 1.42 bits per heavy atom. The fourth-order valence-corrected chi connectivity index (χ4v) is 2.27. The van der Waals surface area contributed by atoms with Crippen molar-refractivity contribution in [3.05, 3.63) is 46.2 Å². The fraction of sp³-hybridized carbons (Fsp3) is 0.231. The van der Waals surface area contributed by atoms with Crippen LogP contribution in [0.3, 0.4) is 0 Å². The summed E-state index contributed by atoms with van der Waals surface area (Å²) in [5.41, 5.74) is 1.16. The van der Waals surface area contributed by atoms with Crippen molar-refractivity contribution in [2.45, 2.75) is 13.5 Å². The highest BCUT2D eigenvalue weighted by Gasteiger charge is 2.06. The molecule has 1 amide bonds. The molecule has 0 aliphatic heterocycles. The number of nitrogens with zero attached hydrogens (tertiary/aromatic N) is 1. The lowest BCUT2D eigenvalue weighted by Gasteiger charge is -2.06. The first-order chi connectivity index (χ1) is 9.15. The van der Waals surface area contributed by atoms with Crippen LogP contribution in [-0.2, 0) is 11.3 Å². The zero-order valence-corrected chi connectivity index (χ0v) is 11.3. The van der Waals surface area contributed by atoms with Crippen LogP contribution in [0.25, 0.3) is 0 Å². The topological polar surface area (TPSA) is 54.0 Å². The van der Waals surface area contributed by atoms with Crippen molar-refractivity contribution in [3.63, 3.8) is 0 Å². The van der Waals surface area contributed by atoms with E-state index in [0.29, 0.717) is 6.54 Å². The summed E-state index contributed by atoms with van der Waals surface area (Å²) in [6.45, 7) is 2.57. The van der Waals surface area contributed by atoms with Crippen LogP contribution in [0.4, 0.5) is 10.1 Å². The average molecular weight is 279 g/mol. The SMILES string of the molecule is Cc1csc(CNCC(=O)Nc2ccccc2F)n1. The molecule has 2 N–H and O–H groups in total. The van der Waals surface area contributed by atoms with Gasteiger partial charge in [0.25, 0.3) is 0 Å². The predicted octanol–water partition coefficient (Wildman–Crippen LogP) is 2.32. The van der Waals surface area contributed by atoms with Gasteiger partial charge >= 0.3 is 0 Å². The van der Waals surface area contributed by atoms with Gasteiger partial charge in [-0.25, -0.2) is 9.37 Å². The van der Waals surface area contributed by atoms with Gasteiger partial charge in [-0.05, 0) is 19.1 Å². The van der Waals surface area contributed by atoms with E-state index in [1.807, 2.05) is 12.3 Å². The number of benzene rings is 1. The number of amides is 1. The Bertz CT molecular complexity index is 571. The van der Waals surface area contributed by atoms with Gasteiger partial charge in [0.05, 0.1) is 12.2 Å². The molecule has 1 aromatic heterocycles. The van der Waals surface area contributed by atoms with Crippen LogP contribution in [0.15, 0.2) is 29.6 Å². The summed E-state index contributed by atoms with van der Waals surface area (Å²) in [6, 6.07) is 6.08. The lowest BCUT2D eigenvalue weighted by molar-refractivity contribution is -0.115. The second-order valence-electron chi connectivity index (χ2n) is 4.01. The standard InChI is InChI=1S/C13H14FN3OS/c1-9-8-19-13(16-9)7-15-6-12(18)17-11-5-3-2-4-10(11)14/h2-5,8,15H,6-7H2,1H3,(H,17,18). The molecule has 1 aromatic carbocycles. The van der Waals surface area contributed by atoms with Gasteiger partial charge in [0.2, 0.25) is 5.91 Å². The normalized spacial score (nSPS) is 10.4. The highest BCUT2D eigenvalue weighted by Crippen LogP contribution is 2.12. The van der Waals surface area contributed by atoms with E-state index in [2.05, 4.69) is 15.6 Å².